The highest BCUT2D eigenvalue weighted by molar-refractivity contribution is 5.75. The summed E-state index contributed by atoms with van der Waals surface area (Å²) in [5.41, 5.74) is -0.447. The zero-order chi connectivity index (χ0) is 14.3. The summed E-state index contributed by atoms with van der Waals surface area (Å²) in [4.78, 5) is 10.7. The fraction of sp³-hybridized carbons (Fsp3) is 0.533. The van der Waals surface area contributed by atoms with E-state index in [1.165, 1.54) is 18.2 Å². The highest BCUT2D eigenvalue weighted by atomic mass is 19.1. The Balaban J connectivity index is 2.22. The Morgan fingerprint density at radius 2 is 2.00 bits per heavy atom. The van der Waals surface area contributed by atoms with Crippen LogP contribution in [0, 0.1) is 5.82 Å². The Labute approximate surface area is 112 Å². The van der Waals surface area contributed by atoms with Crippen molar-refractivity contribution < 1.29 is 18.7 Å². The average molecular weight is 266 g/mol. The predicted molar refractivity (Wildman–Crippen MR) is 70.1 cm³/mol. The van der Waals surface area contributed by atoms with Gasteiger partial charge in [-0.2, -0.15) is 0 Å². The maximum Gasteiger partial charge on any atom is 0.150 e. The van der Waals surface area contributed by atoms with Gasteiger partial charge in [0.25, 0.3) is 0 Å². The number of carbonyl (C=O) groups excluding carboxylic acids is 1. The Bertz CT molecular complexity index is 494. The number of halogens is 1. The van der Waals surface area contributed by atoms with Gasteiger partial charge in [-0.1, -0.05) is 0 Å². The third-order valence-electron chi connectivity index (χ3n) is 3.30. The van der Waals surface area contributed by atoms with Crippen LogP contribution in [0.5, 0.6) is 5.75 Å². The van der Waals surface area contributed by atoms with Gasteiger partial charge in [-0.05, 0) is 39.8 Å². The summed E-state index contributed by atoms with van der Waals surface area (Å²) in [6.07, 6.45) is 1.15. The van der Waals surface area contributed by atoms with E-state index in [2.05, 4.69) is 0 Å². The summed E-state index contributed by atoms with van der Waals surface area (Å²) in [5.74, 6) is -0.114. The Morgan fingerprint density at radius 1 is 1.32 bits per heavy atom. The molecule has 1 saturated heterocycles. The first-order valence-corrected chi connectivity index (χ1v) is 6.34. The van der Waals surface area contributed by atoms with E-state index in [1.54, 1.807) is 0 Å². The Hall–Kier alpha value is -1.42. The number of hydrogen-bond acceptors (Lipinski definition) is 3. The van der Waals surface area contributed by atoms with E-state index in [0.29, 0.717) is 18.5 Å². The van der Waals surface area contributed by atoms with Crippen LogP contribution in [0.4, 0.5) is 4.39 Å². The van der Waals surface area contributed by atoms with Crippen molar-refractivity contribution in [1.82, 2.24) is 0 Å². The molecule has 1 fully saturated rings. The molecule has 1 heterocycles. The molecule has 0 aromatic heterocycles. The summed E-state index contributed by atoms with van der Waals surface area (Å²) in [5, 5.41) is 0. The minimum atomic E-state index is -0.476. The first-order chi connectivity index (χ1) is 8.72. The van der Waals surface area contributed by atoms with Gasteiger partial charge in [0.1, 0.15) is 29.6 Å². The Morgan fingerprint density at radius 3 is 2.53 bits per heavy atom. The molecule has 104 valence electrons. The molecule has 0 aliphatic carbocycles. The molecule has 1 aromatic rings. The van der Waals surface area contributed by atoms with E-state index >= 15 is 0 Å². The second-order valence-corrected chi connectivity index (χ2v) is 6.11. The molecule has 0 bridgehead atoms. The third-order valence-corrected chi connectivity index (χ3v) is 3.30. The van der Waals surface area contributed by atoms with Gasteiger partial charge in [0.15, 0.2) is 0 Å². The normalized spacial score (nSPS) is 24.2. The van der Waals surface area contributed by atoms with E-state index in [1.807, 2.05) is 27.7 Å². The second kappa shape index (κ2) is 4.60. The van der Waals surface area contributed by atoms with Gasteiger partial charge in [-0.3, -0.25) is 4.79 Å². The molecule has 1 unspecified atom stereocenters. The lowest BCUT2D eigenvalue weighted by atomic mass is 9.97. The van der Waals surface area contributed by atoms with Crippen LogP contribution in [0.25, 0.3) is 0 Å². The summed E-state index contributed by atoms with van der Waals surface area (Å²) >= 11 is 0. The molecule has 0 N–H and O–H groups in total. The van der Waals surface area contributed by atoms with Crippen LogP contribution in [-0.4, -0.2) is 23.6 Å². The van der Waals surface area contributed by atoms with E-state index < -0.39 is 11.4 Å². The molecular weight excluding hydrogens is 247 g/mol. The van der Waals surface area contributed by atoms with E-state index in [-0.39, 0.29) is 17.3 Å². The van der Waals surface area contributed by atoms with Crippen molar-refractivity contribution in [1.29, 1.82) is 0 Å². The van der Waals surface area contributed by atoms with Crippen LogP contribution in [0.3, 0.4) is 0 Å². The minimum absolute atomic E-state index is 0.177. The van der Waals surface area contributed by atoms with Crippen molar-refractivity contribution in [3.63, 3.8) is 0 Å². The van der Waals surface area contributed by atoms with E-state index in [0.717, 1.165) is 0 Å². The van der Waals surface area contributed by atoms with Crippen molar-refractivity contribution in [2.24, 2.45) is 0 Å². The lowest BCUT2D eigenvalue weighted by molar-refractivity contribution is -0.0846. The lowest BCUT2D eigenvalue weighted by Gasteiger charge is -2.27. The van der Waals surface area contributed by atoms with Crippen LogP contribution in [-0.2, 0) is 4.74 Å². The van der Waals surface area contributed by atoms with Crippen molar-refractivity contribution in [2.45, 2.75) is 51.4 Å². The molecule has 0 amide bonds. The van der Waals surface area contributed by atoms with Gasteiger partial charge in [0.2, 0.25) is 0 Å². The summed E-state index contributed by atoms with van der Waals surface area (Å²) in [7, 11) is 0. The number of benzene rings is 1. The average Bonchev–Trinajstić information content (AvgIpc) is 2.45. The fourth-order valence-corrected chi connectivity index (χ4v) is 2.58. The summed E-state index contributed by atoms with van der Waals surface area (Å²) < 4.78 is 25.1. The van der Waals surface area contributed by atoms with Crippen LogP contribution in [0.2, 0.25) is 0 Å². The molecule has 2 rings (SSSR count). The molecule has 0 saturated carbocycles. The Kier molecular flexibility index (Phi) is 3.39. The summed E-state index contributed by atoms with van der Waals surface area (Å²) in [6.45, 7) is 7.90. The minimum Gasteiger partial charge on any atom is -0.487 e. The largest absolute Gasteiger partial charge is 0.487 e. The number of aldehydes is 1. The van der Waals surface area contributed by atoms with Crippen LogP contribution in [0.15, 0.2) is 18.2 Å². The maximum atomic E-state index is 13.4. The van der Waals surface area contributed by atoms with Crippen molar-refractivity contribution >= 4 is 6.29 Å². The highest BCUT2D eigenvalue weighted by Crippen LogP contribution is 2.39. The zero-order valence-corrected chi connectivity index (χ0v) is 11.7. The monoisotopic (exact) mass is 266 g/mol. The SMILES string of the molecule is CC1(C)CC(Oc2cc(F)cc(C=O)c2)C(C)(C)O1. The highest BCUT2D eigenvalue weighted by Gasteiger charge is 2.47. The van der Waals surface area contributed by atoms with Crippen molar-refractivity contribution in [3.05, 3.63) is 29.6 Å². The van der Waals surface area contributed by atoms with Crippen molar-refractivity contribution in [3.8, 4) is 5.75 Å². The molecule has 1 atom stereocenters. The molecule has 1 aliphatic rings. The quantitative estimate of drug-likeness (QED) is 0.787. The molecule has 0 radical (unpaired) electrons. The molecule has 1 aliphatic heterocycles. The number of carbonyl (C=O) groups is 1. The van der Waals surface area contributed by atoms with Crippen LogP contribution in [0.1, 0.15) is 44.5 Å². The maximum absolute atomic E-state index is 13.4. The molecule has 3 nitrogen and oxygen atoms in total. The number of ether oxygens (including phenoxy) is 2. The molecule has 4 heteroatoms. The van der Waals surface area contributed by atoms with Crippen LogP contribution >= 0.6 is 0 Å². The molecule has 1 aromatic carbocycles. The van der Waals surface area contributed by atoms with Gasteiger partial charge in [0, 0.05) is 18.1 Å². The van der Waals surface area contributed by atoms with Crippen LogP contribution < -0.4 is 4.74 Å². The second-order valence-electron chi connectivity index (χ2n) is 6.11. The van der Waals surface area contributed by atoms with E-state index in [9.17, 15) is 9.18 Å². The zero-order valence-electron chi connectivity index (χ0n) is 11.7. The van der Waals surface area contributed by atoms with Gasteiger partial charge in [-0.15, -0.1) is 0 Å². The number of rotatable bonds is 3. The lowest BCUT2D eigenvalue weighted by Crippen LogP contribution is -2.36. The molecular formula is C15H19FO3. The third kappa shape index (κ3) is 3.13. The molecule has 0 spiro atoms. The smallest absolute Gasteiger partial charge is 0.150 e. The first kappa shape index (κ1) is 14.0. The van der Waals surface area contributed by atoms with Gasteiger partial charge < -0.3 is 9.47 Å². The number of hydrogen-bond donors (Lipinski definition) is 0. The summed E-state index contributed by atoms with van der Waals surface area (Å²) in [6, 6.07) is 4.01. The fourth-order valence-electron chi connectivity index (χ4n) is 2.58. The van der Waals surface area contributed by atoms with Gasteiger partial charge in [-0.25, -0.2) is 4.39 Å². The van der Waals surface area contributed by atoms with Crippen molar-refractivity contribution in [2.75, 3.05) is 0 Å². The predicted octanol–water partition coefficient (Wildman–Crippen LogP) is 3.36. The van der Waals surface area contributed by atoms with Gasteiger partial charge in [0.05, 0.1) is 5.60 Å². The van der Waals surface area contributed by atoms with E-state index in [4.69, 9.17) is 9.47 Å². The standard InChI is InChI=1S/C15H19FO3/c1-14(2)8-13(15(3,4)19-14)18-12-6-10(9-17)5-11(16)7-12/h5-7,9,13H,8H2,1-4H3. The topological polar surface area (TPSA) is 35.5 Å². The first-order valence-electron chi connectivity index (χ1n) is 6.34. The van der Waals surface area contributed by atoms with Gasteiger partial charge >= 0.3 is 0 Å². The molecule has 19 heavy (non-hydrogen) atoms.